The van der Waals surface area contributed by atoms with Crippen LogP contribution in [0.1, 0.15) is 12.5 Å². The predicted molar refractivity (Wildman–Crippen MR) is 80.0 cm³/mol. The SMILES string of the molecule is COc1ccc(COC(=O)[C@H]2NC(=O)NC(=S)[C@H]2C)cc1. The van der Waals surface area contributed by atoms with Crippen molar-refractivity contribution >= 4 is 29.2 Å². The highest BCUT2D eigenvalue weighted by atomic mass is 32.1. The lowest BCUT2D eigenvalue weighted by atomic mass is 10.0. The van der Waals surface area contributed by atoms with Crippen LogP contribution >= 0.6 is 12.2 Å². The molecule has 1 heterocycles. The van der Waals surface area contributed by atoms with Crippen LogP contribution in [0, 0.1) is 5.92 Å². The quantitative estimate of drug-likeness (QED) is 0.649. The zero-order chi connectivity index (χ0) is 15.4. The van der Waals surface area contributed by atoms with E-state index in [4.69, 9.17) is 21.7 Å². The molecule has 2 rings (SSSR count). The summed E-state index contributed by atoms with van der Waals surface area (Å²) >= 11 is 5.01. The third-order valence-electron chi connectivity index (χ3n) is 3.23. The summed E-state index contributed by atoms with van der Waals surface area (Å²) in [7, 11) is 1.58. The maximum absolute atomic E-state index is 12.0. The minimum Gasteiger partial charge on any atom is -0.497 e. The number of carbonyl (C=O) groups excluding carboxylic acids is 2. The van der Waals surface area contributed by atoms with Crippen molar-refractivity contribution in [1.82, 2.24) is 10.6 Å². The van der Waals surface area contributed by atoms with Gasteiger partial charge in [-0.2, -0.15) is 0 Å². The second-order valence-corrected chi connectivity index (χ2v) is 5.12. The van der Waals surface area contributed by atoms with E-state index >= 15 is 0 Å². The zero-order valence-electron chi connectivity index (χ0n) is 11.7. The van der Waals surface area contributed by atoms with Crippen molar-refractivity contribution in [2.45, 2.75) is 19.6 Å². The molecule has 0 saturated carbocycles. The average Bonchev–Trinajstić information content (AvgIpc) is 2.49. The van der Waals surface area contributed by atoms with Crippen molar-refractivity contribution in [2.75, 3.05) is 7.11 Å². The minimum atomic E-state index is -0.760. The highest BCUT2D eigenvalue weighted by Crippen LogP contribution is 2.14. The van der Waals surface area contributed by atoms with Crippen molar-refractivity contribution < 1.29 is 19.1 Å². The van der Waals surface area contributed by atoms with E-state index in [-0.39, 0.29) is 12.5 Å². The normalized spacial score (nSPS) is 21.2. The number of methoxy groups -OCH3 is 1. The van der Waals surface area contributed by atoms with Gasteiger partial charge in [0.05, 0.1) is 12.1 Å². The fraction of sp³-hybridized carbons (Fsp3) is 0.357. The number of carbonyl (C=O) groups is 2. The van der Waals surface area contributed by atoms with Crippen LogP contribution in [-0.2, 0) is 16.1 Å². The van der Waals surface area contributed by atoms with Crippen LogP contribution in [0.3, 0.4) is 0 Å². The lowest BCUT2D eigenvalue weighted by Crippen LogP contribution is -2.59. The van der Waals surface area contributed by atoms with Gasteiger partial charge in [-0.1, -0.05) is 31.3 Å². The van der Waals surface area contributed by atoms with Crippen LogP contribution in [0.25, 0.3) is 0 Å². The number of benzene rings is 1. The third-order valence-corrected chi connectivity index (χ3v) is 3.70. The molecule has 0 radical (unpaired) electrons. The fourth-order valence-corrected chi connectivity index (χ4v) is 2.14. The van der Waals surface area contributed by atoms with E-state index in [0.29, 0.717) is 4.99 Å². The summed E-state index contributed by atoms with van der Waals surface area (Å²) in [6.45, 7) is 1.89. The van der Waals surface area contributed by atoms with E-state index < -0.39 is 18.0 Å². The summed E-state index contributed by atoms with van der Waals surface area (Å²) in [5, 5.41) is 4.98. The number of ether oxygens (including phenoxy) is 2. The van der Waals surface area contributed by atoms with Gasteiger partial charge in [0.25, 0.3) is 0 Å². The van der Waals surface area contributed by atoms with Gasteiger partial charge in [0.2, 0.25) is 0 Å². The molecule has 1 saturated heterocycles. The lowest BCUT2D eigenvalue weighted by Gasteiger charge is -2.29. The lowest BCUT2D eigenvalue weighted by molar-refractivity contribution is -0.148. The Hall–Kier alpha value is -2.15. The van der Waals surface area contributed by atoms with Crippen molar-refractivity contribution in [2.24, 2.45) is 5.92 Å². The Kier molecular flexibility index (Phi) is 4.74. The highest BCUT2D eigenvalue weighted by molar-refractivity contribution is 7.80. The van der Waals surface area contributed by atoms with Crippen molar-refractivity contribution in [1.29, 1.82) is 0 Å². The van der Waals surface area contributed by atoms with Gasteiger partial charge >= 0.3 is 12.0 Å². The molecular formula is C14H16N2O4S. The average molecular weight is 308 g/mol. The minimum absolute atomic E-state index is 0.127. The Morgan fingerprint density at radius 2 is 2.00 bits per heavy atom. The molecule has 1 aromatic carbocycles. The Balaban J connectivity index is 1.94. The monoisotopic (exact) mass is 308 g/mol. The Morgan fingerprint density at radius 3 is 2.62 bits per heavy atom. The van der Waals surface area contributed by atoms with E-state index in [1.54, 1.807) is 38.3 Å². The first-order valence-corrected chi connectivity index (χ1v) is 6.83. The van der Waals surface area contributed by atoms with E-state index in [1.165, 1.54) is 0 Å². The Labute approximate surface area is 127 Å². The Morgan fingerprint density at radius 1 is 1.33 bits per heavy atom. The molecule has 6 nitrogen and oxygen atoms in total. The van der Waals surface area contributed by atoms with Gasteiger partial charge in [-0.3, -0.25) is 0 Å². The summed E-state index contributed by atoms with van der Waals surface area (Å²) in [5.41, 5.74) is 0.833. The molecular weight excluding hydrogens is 292 g/mol. The van der Waals surface area contributed by atoms with Crippen LogP contribution < -0.4 is 15.4 Å². The molecule has 1 aromatic rings. The number of esters is 1. The van der Waals surface area contributed by atoms with Crippen molar-refractivity contribution in [3.05, 3.63) is 29.8 Å². The molecule has 1 aliphatic rings. The smallest absolute Gasteiger partial charge is 0.329 e. The van der Waals surface area contributed by atoms with E-state index in [2.05, 4.69) is 10.6 Å². The van der Waals surface area contributed by atoms with Crippen molar-refractivity contribution in [3.8, 4) is 5.75 Å². The van der Waals surface area contributed by atoms with Crippen LogP contribution in [-0.4, -0.2) is 30.1 Å². The molecule has 112 valence electrons. The van der Waals surface area contributed by atoms with Gasteiger partial charge in [-0.05, 0) is 17.7 Å². The molecule has 1 fully saturated rings. The molecule has 2 amide bonds. The molecule has 0 unspecified atom stereocenters. The van der Waals surface area contributed by atoms with E-state index in [0.717, 1.165) is 11.3 Å². The van der Waals surface area contributed by atoms with Gasteiger partial charge in [0.1, 0.15) is 18.4 Å². The third kappa shape index (κ3) is 3.69. The molecule has 0 aliphatic carbocycles. The fourth-order valence-electron chi connectivity index (χ4n) is 1.91. The van der Waals surface area contributed by atoms with Crippen LogP contribution in [0.2, 0.25) is 0 Å². The van der Waals surface area contributed by atoms with Gasteiger partial charge in [-0.15, -0.1) is 0 Å². The maximum Gasteiger partial charge on any atom is 0.329 e. The number of rotatable bonds is 4. The molecule has 1 aliphatic heterocycles. The zero-order valence-corrected chi connectivity index (χ0v) is 12.5. The summed E-state index contributed by atoms with van der Waals surface area (Å²) in [4.78, 5) is 23.7. The second kappa shape index (κ2) is 6.53. The summed E-state index contributed by atoms with van der Waals surface area (Å²) in [5.74, 6) is -0.0775. The molecule has 0 aromatic heterocycles. The van der Waals surface area contributed by atoms with Gasteiger partial charge < -0.3 is 20.1 Å². The number of amides is 2. The van der Waals surface area contributed by atoms with Crippen LogP contribution in [0.15, 0.2) is 24.3 Å². The number of thiocarbonyl (C=S) groups is 1. The summed E-state index contributed by atoms with van der Waals surface area (Å²) < 4.78 is 10.3. The number of hydrogen-bond donors (Lipinski definition) is 2. The molecule has 21 heavy (non-hydrogen) atoms. The first kappa shape index (κ1) is 15.2. The van der Waals surface area contributed by atoms with E-state index in [1.807, 2.05) is 0 Å². The molecule has 2 N–H and O–H groups in total. The van der Waals surface area contributed by atoms with Crippen LogP contribution in [0.5, 0.6) is 5.75 Å². The van der Waals surface area contributed by atoms with Gasteiger partial charge in [0, 0.05) is 5.92 Å². The first-order valence-electron chi connectivity index (χ1n) is 6.42. The molecule has 2 atom stereocenters. The molecule has 0 spiro atoms. The Bertz CT molecular complexity index is 559. The highest BCUT2D eigenvalue weighted by Gasteiger charge is 2.35. The summed E-state index contributed by atoms with van der Waals surface area (Å²) in [6, 6.07) is 5.94. The van der Waals surface area contributed by atoms with Gasteiger partial charge in [-0.25, -0.2) is 9.59 Å². The standard InChI is InChI=1S/C14H16N2O4S/c1-8-11(15-14(18)16-12(8)21)13(17)20-7-9-3-5-10(19-2)6-4-9/h3-6,8,11H,7H2,1-2H3,(H2,15,16,18,21)/t8-,11-/m0/s1. The van der Waals surface area contributed by atoms with Crippen LogP contribution in [0.4, 0.5) is 4.79 Å². The molecule has 0 bridgehead atoms. The summed E-state index contributed by atoms with van der Waals surface area (Å²) in [6.07, 6.45) is 0. The number of urea groups is 1. The topological polar surface area (TPSA) is 76.7 Å². The number of nitrogens with one attached hydrogen (secondary N) is 2. The number of hydrogen-bond acceptors (Lipinski definition) is 5. The molecule has 7 heteroatoms. The van der Waals surface area contributed by atoms with E-state index in [9.17, 15) is 9.59 Å². The van der Waals surface area contributed by atoms with Gasteiger partial charge in [0.15, 0.2) is 0 Å². The largest absolute Gasteiger partial charge is 0.497 e. The first-order chi connectivity index (χ1) is 10.0. The van der Waals surface area contributed by atoms with Crippen molar-refractivity contribution in [3.63, 3.8) is 0 Å². The predicted octanol–water partition coefficient (Wildman–Crippen LogP) is 1.38. The second-order valence-electron chi connectivity index (χ2n) is 4.68. The maximum atomic E-state index is 12.0.